The van der Waals surface area contributed by atoms with Crippen molar-refractivity contribution in [2.75, 3.05) is 17.2 Å². The molecule has 0 atom stereocenters. The van der Waals surface area contributed by atoms with Gasteiger partial charge in [0.2, 0.25) is 5.82 Å². The van der Waals surface area contributed by atoms with Gasteiger partial charge in [0, 0.05) is 31.9 Å². The minimum Gasteiger partial charge on any atom is -0.345 e. The van der Waals surface area contributed by atoms with Crippen LogP contribution in [0.25, 0.3) is 0 Å². The lowest BCUT2D eigenvalue weighted by Gasteiger charge is -2.17. The molecule has 40 heavy (non-hydrogen) atoms. The number of nitrogens with zero attached hydrogens (tertiary/aromatic N) is 2. The Morgan fingerprint density at radius 2 is 1.68 bits per heavy atom. The first-order valence-corrected chi connectivity index (χ1v) is 13.0. The molecular formula is C28H36F5N5O2. The summed E-state index contributed by atoms with van der Waals surface area (Å²) in [4.78, 5) is 29.7. The summed E-state index contributed by atoms with van der Waals surface area (Å²) in [6.45, 7) is 8.11. The molecule has 0 aliphatic heterocycles. The normalized spacial score (nSPS) is 13.1. The number of nitrogens with one attached hydrogen (secondary N) is 3. The van der Waals surface area contributed by atoms with E-state index in [9.17, 15) is 31.5 Å². The molecule has 0 bridgehead atoms. The summed E-state index contributed by atoms with van der Waals surface area (Å²) in [5.41, 5.74) is 1.35. The number of hydrogen-bond acceptors (Lipinski definition) is 3. The Morgan fingerprint density at radius 3 is 2.23 bits per heavy atom. The van der Waals surface area contributed by atoms with Crippen molar-refractivity contribution >= 4 is 23.4 Å². The number of aryl methyl sites for hydroxylation is 1. The van der Waals surface area contributed by atoms with Crippen LogP contribution in [0.5, 0.6) is 0 Å². The van der Waals surface area contributed by atoms with Crippen LogP contribution in [0.2, 0.25) is 0 Å². The molecule has 0 aliphatic rings. The minimum atomic E-state index is -4.34. The predicted molar refractivity (Wildman–Crippen MR) is 146 cm³/mol. The topological polar surface area (TPSA) is 88.1 Å². The highest BCUT2D eigenvalue weighted by Gasteiger charge is 2.28. The number of urea groups is 1. The van der Waals surface area contributed by atoms with Crippen molar-refractivity contribution in [3.05, 3.63) is 64.6 Å². The lowest BCUT2D eigenvalue weighted by atomic mass is 10.0. The van der Waals surface area contributed by atoms with Gasteiger partial charge in [-0.1, -0.05) is 44.1 Å². The van der Waals surface area contributed by atoms with E-state index in [1.54, 1.807) is 10.6 Å². The van der Waals surface area contributed by atoms with E-state index >= 15 is 0 Å². The third-order valence-electron chi connectivity index (χ3n) is 6.15. The van der Waals surface area contributed by atoms with E-state index in [1.165, 1.54) is 37.4 Å². The van der Waals surface area contributed by atoms with E-state index in [-0.39, 0.29) is 35.0 Å². The summed E-state index contributed by atoms with van der Waals surface area (Å²) >= 11 is 0. The van der Waals surface area contributed by atoms with Gasteiger partial charge in [0.1, 0.15) is 0 Å². The number of carbonyl (C=O) groups is 2. The van der Waals surface area contributed by atoms with Gasteiger partial charge in [-0.05, 0) is 55.5 Å². The number of halogens is 5. The number of carbonyl (C=O) groups excluding carboxylic acids is 2. The van der Waals surface area contributed by atoms with Gasteiger partial charge in [-0.3, -0.25) is 10.1 Å². The number of alkyl halides is 5. The van der Waals surface area contributed by atoms with Crippen LogP contribution < -0.4 is 16.0 Å². The summed E-state index contributed by atoms with van der Waals surface area (Å²) in [6.07, 6.45) is -0.0792. The van der Waals surface area contributed by atoms with E-state index in [4.69, 9.17) is 0 Å². The third kappa shape index (κ3) is 10.5. The number of rotatable bonds is 12. The van der Waals surface area contributed by atoms with Gasteiger partial charge in [-0.2, -0.15) is 13.2 Å². The van der Waals surface area contributed by atoms with E-state index < -0.39 is 30.5 Å². The number of amides is 3. The van der Waals surface area contributed by atoms with Gasteiger partial charge in [0.15, 0.2) is 5.82 Å². The molecular weight excluding hydrogens is 533 g/mol. The first kappa shape index (κ1) is 32.5. The molecule has 0 spiro atoms. The highest BCUT2D eigenvalue weighted by molar-refractivity contribution is 5.99. The second-order valence-electron chi connectivity index (χ2n) is 9.63. The van der Waals surface area contributed by atoms with Gasteiger partial charge in [-0.15, -0.1) is 0 Å². The van der Waals surface area contributed by atoms with Crippen LogP contribution in [-0.4, -0.2) is 40.1 Å². The molecule has 1 heterocycles. The summed E-state index contributed by atoms with van der Waals surface area (Å²) in [6, 6.07) is 4.52. The maximum absolute atomic E-state index is 14.0. The van der Waals surface area contributed by atoms with Crippen molar-refractivity contribution in [2.24, 2.45) is 0 Å². The number of unbranched alkanes of at least 4 members (excludes halogenated alkanes) is 1. The number of hydrogen-bond donors (Lipinski definition) is 3. The first-order valence-electron chi connectivity index (χ1n) is 13.0. The molecule has 0 saturated heterocycles. The summed E-state index contributed by atoms with van der Waals surface area (Å²) in [7, 11) is 0. The zero-order valence-electron chi connectivity index (χ0n) is 23.3. The van der Waals surface area contributed by atoms with Gasteiger partial charge >= 0.3 is 12.2 Å². The zero-order chi connectivity index (χ0) is 30.1. The molecule has 7 nitrogen and oxygen atoms in total. The van der Waals surface area contributed by atoms with Gasteiger partial charge in [0.05, 0.1) is 6.42 Å². The van der Waals surface area contributed by atoms with Gasteiger partial charge in [0.25, 0.3) is 11.8 Å². The van der Waals surface area contributed by atoms with Gasteiger partial charge < -0.3 is 15.2 Å². The van der Waals surface area contributed by atoms with Crippen LogP contribution in [0.4, 0.5) is 38.3 Å². The average Bonchev–Trinajstić information content (AvgIpc) is 3.26. The number of allylic oxidation sites excluding steroid dienone is 2. The highest BCUT2D eigenvalue weighted by atomic mass is 19.4. The smallest absolute Gasteiger partial charge is 0.345 e. The quantitative estimate of drug-likeness (QED) is 0.183. The molecule has 2 aromatic rings. The Labute approximate surface area is 230 Å². The Kier molecular flexibility index (Phi) is 11.4. The van der Waals surface area contributed by atoms with E-state index in [2.05, 4.69) is 20.9 Å². The number of aromatic nitrogens is 2. The van der Waals surface area contributed by atoms with Crippen molar-refractivity contribution in [1.29, 1.82) is 0 Å². The van der Waals surface area contributed by atoms with Crippen LogP contribution >= 0.6 is 0 Å². The second kappa shape index (κ2) is 14.1. The van der Waals surface area contributed by atoms with Crippen LogP contribution in [-0.2, 0) is 13.0 Å². The molecule has 0 aliphatic carbocycles. The van der Waals surface area contributed by atoms with Crippen molar-refractivity contribution in [1.82, 2.24) is 14.9 Å². The molecule has 12 heteroatoms. The van der Waals surface area contributed by atoms with Crippen molar-refractivity contribution in [3.63, 3.8) is 0 Å². The second-order valence-corrected chi connectivity index (χ2v) is 9.63. The van der Waals surface area contributed by atoms with Crippen molar-refractivity contribution < 1.29 is 31.5 Å². The molecule has 2 rings (SSSR count). The Hall–Kier alpha value is -3.70. The molecule has 1 aromatic heterocycles. The average molecular weight is 570 g/mol. The number of imidazole rings is 1. The van der Waals surface area contributed by atoms with Crippen molar-refractivity contribution in [3.8, 4) is 0 Å². The van der Waals surface area contributed by atoms with Crippen LogP contribution in [0.3, 0.4) is 0 Å². The lowest BCUT2D eigenvalue weighted by Crippen LogP contribution is -2.30. The predicted octanol–water partition coefficient (Wildman–Crippen LogP) is 7.49. The fraction of sp³-hybridized carbons (Fsp3) is 0.464. The van der Waals surface area contributed by atoms with Gasteiger partial charge in [-0.25, -0.2) is 18.6 Å². The molecule has 3 N–H and O–H groups in total. The van der Waals surface area contributed by atoms with Crippen molar-refractivity contribution in [2.45, 2.75) is 78.9 Å². The summed E-state index contributed by atoms with van der Waals surface area (Å²) in [5.74, 6) is -3.59. The SMILES string of the molecule is CCCCn1cc(NC(=O)Nc2ccc(CC(F)(F)F)cc2)nc1C(=O)NCC(/C=C(/C)CC)=C(/C)C(C)(F)F. The first-order chi connectivity index (χ1) is 18.6. The number of benzene rings is 1. The van der Waals surface area contributed by atoms with Crippen LogP contribution in [0.15, 0.2) is 53.3 Å². The fourth-order valence-electron chi connectivity index (χ4n) is 3.60. The maximum atomic E-state index is 14.0. The third-order valence-corrected chi connectivity index (χ3v) is 6.15. The molecule has 0 unspecified atom stereocenters. The molecule has 1 aromatic carbocycles. The van der Waals surface area contributed by atoms with E-state index in [1.807, 2.05) is 20.8 Å². The van der Waals surface area contributed by atoms with E-state index in [0.717, 1.165) is 25.3 Å². The lowest BCUT2D eigenvalue weighted by molar-refractivity contribution is -0.127. The molecule has 3 amide bonds. The Balaban J connectivity index is 2.17. The van der Waals surface area contributed by atoms with Crippen LogP contribution in [0.1, 0.15) is 70.1 Å². The monoisotopic (exact) mass is 569 g/mol. The minimum absolute atomic E-state index is 0.00305. The summed E-state index contributed by atoms with van der Waals surface area (Å²) < 4.78 is 67.3. The Morgan fingerprint density at radius 1 is 1.02 bits per heavy atom. The summed E-state index contributed by atoms with van der Waals surface area (Å²) in [5, 5.41) is 7.68. The highest BCUT2D eigenvalue weighted by Crippen LogP contribution is 2.27. The molecule has 0 fully saturated rings. The Bertz CT molecular complexity index is 1230. The largest absolute Gasteiger partial charge is 0.393 e. The standard InChI is InChI=1S/C28H36F5N5O2/c1-6-8-13-38-17-23(37-26(40)35-22-11-9-20(10-12-22)15-28(31,32)33)36-24(38)25(39)34-16-21(14-18(3)7-2)19(4)27(5,29)30/h9-12,14,17H,6-8,13,15-16H2,1-5H3,(H,34,39)(H2,35,37,40)/b18-14-,21-19-. The number of anilines is 2. The molecule has 220 valence electrons. The molecule has 0 saturated carbocycles. The zero-order valence-corrected chi connectivity index (χ0v) is 23.3. The fourth-order valence-corrected chi connectivity index (χ4v) is 3.60. The van der Waals surface area contributed by atoms with E-state index in [0.29, 0.717) is 18.5 Å². The van der Waals surface area contributed by atoms with Crippen LogP contribution in [0, 0.1) is 0 Å². The maximum Gasteiger partial charge on any atom is 0.393 e. The molecule has 0 radical (unpaired) electrons.